The third-order valence-electron chi connectivity index (χ3n) is 5.45. The SMILES string of the molecule is OCC1(CN2CCC(N3CCCCC3)C2)CCCOC1. The largest absolute Gasteiger partial charge is 0.396 e. The number of hydrogen-bond acceptors (Lipinski definition) is 4. The molecule has 0 radical (unpaired) electrons. The van der Waals surface area contributed by atoms with E-state index in [0.29, 0.717) is 0 Å². The van der Waals surface area contributed by atoms with Crippen molar-refractivity contribution in [3.8, 4) is 0 Å². The van der Waals surface area contributed by atoms with E-state index < -0.39 is 0 Å². The van der Waals surface area contributed by atoms with E-state index in [4.69, 9.17) is 4.74 Å². The van der Waals surface area contributed by atoms with Gasteiger partial charge in [-0.15, -0.1) is 0 Å². The van der Waals surface area contributed by atoms with Gasteiger partial charge in [-0.1, -0.05) is 6.42 Å². The maximum Gasteiger partial charge on any atom is 0.0556 e. The number of hydrogen-bond donors (Lipinski definition) is 1. The van der Waals surface area contributed by atoms with E-state index in [2.05, 4.69) is 9.80 Å². The summed E-state index contributed by atoms with van der Waals surface area (Å²) in [5.41, 5.74) is 0.00897. The maximum absolute atomic E-state index is 9.80. The predicted octanol–water partition coefficient (Wildman–Crippen LogP) is 1.34. The topological polar surface area (TPSA) is 35.9 Å². The van der Waals surface area contributed by atoms with Gasteiger partial charge in [0.05, 0.1) is 13.2 Å². The van der Waals surface area contributed by atoms with Gasteiger partial charge in [0, 0.05) is 31.2 Å². The van der Waals surface area contributed by atoms with Crippen molar-refractivity contribution in [2.24, 2.45) is 5.41 Å². The Labute approximate surface area is 123 Å². The molecule has 3 fully saturated rings. The van der Waals surface area contributed by atoms with Gasteiger partial charge in [0.25, 0.3) is 0 Å². The lowest BCUT2D eigenvalue weighted by Crippen LogP contribution is -2.46. The fourth-order valence-corrected chi connectivity index (χ4v) is 4.22. The Kier molecular flexibility index (Phi) is 4.97. The molecule has 0 spiro atoms. The zero-order valence-electron chi connectivity index (χ0n) is 12.7. The molecule has 0 aliphatic carbocycles. The molecule has 1 N–H and O–H groups in total. The molecule has 116 valence electrons. The van der Waals surface area contributed by atoms with Gasteiger partial charge in [0.1, 0.15) is 0 Å². The van der Waals surface area contributed by atoms with Crippen molar-refractivity contribution in [3.05, 3.63) is 0 Å². The molecular weight excluding hydrogens is 252 g/mol. The van der Waals surface area contributed by atoms with Gasteiger partial charge in [0.15, 0.2) is 0 Å². The van der Waals surface area contributed by atoms with E-state index in [1.54, 1.807) is 0 Å². The van der Waals surface area contributed by atoms with Crippen LogP contribution in [0.5, 0.6) is 0 Å². The molecule has 3 heterocycles. The van der Waals surface area contributed by atoms with Crippen LogP contribution in [0, 0.1) is 5.41 Å². The Bertz CT molecular complexity index is 299. The van der Waals surface area contributed by atoms with Gasteiger partial charge in [-0.2, -0.15) is 0 Å². The minimum atomic E-state index is 0.00897. The predicted molar refractivity (Wildman–Crippen MR) is 79.8 cm³/mol. The fraction of sp³-hybridized carbons (Fsp3) is 1.00. The average Bonchev–Trinajstić information content (AvgIpc) is 2.97. The highest BCUT2D eigenvalue weighted by atomic mass is 16.5. The van der Waals surface area contributed by atoms with Gasteiger partial charge in [-0.25, -0.2) is 0 Å². The molecule has 2 atom stereocenters. The van der Waals surface area contributed by atoms with E-state index in [9.17, 15) is 5.11 Å². The Morgan fingerprint density at radius 2 is 1.95 bits per heavy atom. The van der Waals surface area contributed by atoms with Crippen molar-refractivity contribution in [1.29, 1.82) is 0 Å². The van der Waals surface area contributed by atoms with Crippen LogP contribution < -0.4 is 0 Å². The molecule has 3 aliphatic heterocycles. The van der Waals surface area contributed by atoms with Crippen LogP contribution in [0.3, 0.4) is 0 Å². The highest BCUT2D eigenvalue weighted by Gasteiger charge is 2.37. The van der Waals surface area contributed by atoms with E-state index in [-0.39, 0.29) is 12.0 Å². The normalized spacial score (nSPS) is 37.4. The molecule has 0 bridgehead atoms. The zero-order valence-corrected chi connectivity index (χ0v) is 12.7. The second kappa shape index (κ2) is 6.73. The molecule has 0 amide bonds. The van der Waals surface area contributed by atoms with Crippen LogP contribution in [-0.2, 0) is 4.74 Å². The van der Waals surface area contributed by atoms with Crippen LogP contribution >= 0.6 is 0 Å². The minimum Gasteiger partial charge on any atom is -0.396 e. The summed E-state index contributed by atoms with van der Waals surface area (Å²) < 4.78 is 5.63. The maximum atomic E-state index is 9.80. The summed E-state index contributed by atoms with van der Waals surface area (Å²) in [6.45, 7) is 7.91. The fourth-order valence-electron chi connectivity index (χ4n) is 4.22. The van der Waals surface area contributed by atoms with Crippen molar-refractivity contribution >= 4 is 0 Å². The molecule has 3 saturated heterocycles. The van der Waals surface area contributed by atoms with E-state index >= 15 is 0 Å². The van der Waals surface area contributed by atoms with E-state index in [1.165, 1.54) is 51.9 Å². The van der Waals surface area contributed by atoms with Crippen molar-refractivity contribution < 1.29 is 9.84 Å². The van der Waals surface area contributed by atoms with Gasteiger partial charge in [-0.05, 0) is 51.7 Å². The van der Waals surface area contributed by atoms with Crippen molar-refractivity contribution in [2.45, 2.75) is 44.6 Å². The minimum absolute atomic E-state index is 0.00897. The quantitative estimate of drug-likeness (QED) is 0.844. The van der Waals surface area contributed by atoms with Gasteiger partial charge >= 0.3 is 0 Å². The van der Waals surface area contributed by atoms with Crippen molar-refractivity contribution in [2.75, 3.05) is 52.5 Å². The first-order valence-corrected chi connectivity index (χ1v) is 8.46. The van der Waals surface area contributed by atoms with Gasteiger partial charge in [-0.3, -0.25) is 4.90 Å². The molecule has 0 aromatic heterocycles. The molecule has 20 heavy (non-hydrogen) atoms. The summed E-state index contributed by atoms with van der Waals surface area (Å²) in [5.74, 6) is 0. The second-order valence-corrected chi connectivity index (χ2v) is 7.09. The van der Waals surface area contributed by atoms with Gasteiger partial charge < -0.3 is 14.7 Å². The summed E-state index contributed by atoms with van der Waals surface area (Å²) in [6, 6.07) is 0.760. The lowest BCUT2D eigenvalue weighted by Gasteiger charge is -2.39. The summed E-state index contributed by atoms with van der Waals surface area (Å²) in [5, 5.41) is 9.80. The summed E-state index contributed by atoms with van der Waals surface area (Å²) in [7, 11) is 0. The molecule has 4 nitrogen and oxygen atoms in total. The molecule has 4 heteroatoms. The van der Waals surface area contributed by atoms with Crippen molar-refractivity contribution in [1.82, 2.24) is 9.80 Å². The Morgan fingerprint density at radius 1 is 1.10 bits per heavy atom. The van der Waals surface area contributed by atoms with Crippen LogP contribution in [0.15, 0.2) is 0 Å². The summed E-state index contributed by atoms with van der Waals surface area (Å²) in [6.07, 6.45) is 7.70. The van der Waals surface area contributed by atoms with Crippen molar-refractivity contribution in [3.63, 3.8) is 0 Å². The Hall–Kier alpha value is -0.160. The number of aliphatic hydroxyl groups excluding tert-OH is 1. The Morgan fingerprint density at radius 3 is 2.65 bits per heavy atom. The summed E-state index contributed by atoms with van der Waals surface area (Å²) >= 11 is 0. The number of aliphatic hydroxyl groups is 1. The molecule has 3 rings (SSSR count). The average molecular weight is 282 g/mol. The number of likely N-dealkylation sites (tertiary alicyclic amines) is 2. The van der Waals surface area contributed by atoms with Crippen LogP contribution in [0.1, 0.15) is 38.5 Å². The molecule has 3 aliphatic rings. The first kappa shape index (κ1) is 14.8. The molecule has 0 aromatic carbocycles. The molecule has 0 saturated carbocycles. The monoisotopic (exact) mass is 282 g/mol. The smallest absolute Gasteiger partial charge is 0.0556 e. The Balaban J connectivity index is 1.51. The number of piperidine rings is 1. The van der Waals surface area contributed by atoms with Crippen LogP contribution in [-0.4, -0.2) is 73.5 Å². The second-order valence-electron chi connectivity index (χ2n) is 7.09. The first-order valence-electron chi connectivity index (χ1n) is 8.46. The standard InChI is InChI=1S/C16H30N2O2/c19-13-16(6-4-10-20-14-16)12-17-9-5-15(11-17)18-7-2-1-3-8-18/h15,19H,1-14H2. The number of nitrogens with zero attached hydrogens (tertiary/aromatic N) is 2. The lowest BCUT2D eigenvalue weighted by atomic mass is 9.83. The third kappa shape index (κ3) is 3.35. The van der Waals surface area contributed by atoms with Gasteiger partial charge in [0.2, 0.25) is 0 Å². The van der Waals surface area contributed by atoms with E-state index in [0.717, 1.165) is 38.6 Å². The lowest BCUT2D eigenvalue weighted by molar-refractivity contribution is -0.0532. The number of ether oxygens (including phenoxy) is 1. The number of rotatable bonds is 4. The highest BCUT2D eigenvalue weighted by molar-refractivity contribution is 4.90. The zero-order chi connectivity index (χ0) is 13.8. The first-order chi connectivity index (χ1) is 9.81. The van der Waals surface area contributed by atoms with E-state index in [1.807, 2.05) is 0 Å². The third-order valence-corrected chi connectivity index (χ3v) is 5.45. The van der Waals surface area contributed by atoms with Crippen LogP contribution in [0.4, 0.5) is 0 Å². The van der Waals surface area contributed by atoms with Crippen LogP contribution in [0.2, 0.25) is 0 Å². The molecular formula is C16H30N2O2. The highest BCUT2D eigenvalue weighted by Crippen LogP contribution is 2.31. The molecule has 2 unspecified atom stereocenters. The van der Waals surface area contributed by atoms with Crippen LogP contribution in [0.25, 0.3) is 0 Å². The summed E-state index contributed by atoms with van der Waals surface area (Å²) in [4.78, 5) is 5.27. The molecule has 0 aromatic rings.